The Kier molecular flexibility index (Phi) is 4.81. The maximum atomic E-state index is 10.9. The van der Waals surface area contributed by atoms with E-state index in [-0.39, 0.29) is 0 Å². The molecule has 0 saturated heterocycles. The molecule has 1 saturated carbocycles. The number of nitrogens with zero attached hydrogens (tertiary/aromatic N) is 2. The van der Waals surface area contributed by atoms with Gasteiger partial charge in [-0.2, -0.15) is 4.98 Å². The van der Waals surface area contributed by atoms with E-state index in [1.807, 2.05) is 0 Å². The van der Waals surface area contributed by atoms with Gasteiger partial charge in [-0.1, -0.05) is 19.8 Å². The summed E-state index contributed by atoms with van der Waals surface area (Å²) in [6.45, 7) is 2.21. The maximum Gasteiger partial charge on any atom is 0.241 e. The van der Waals surface area contributed by atoms with Gasteiger partial charge in [0.1, 0.15) is 11.3 Å². The van der Waals surface area contributed by atoms with Crippen LogP contribution in [0.2, 0.25) is 0 Å². The molecule has 1 aromatic heterocycles. The first kappa shape index (κ1) is 15.0. The predicted molar refractivity (Wildman–Crippen MR) is 75.9 cm³/mol. The van der Waals surface area contributed by atoms with E-state index in [1.54, 1.807) is 7.11 Å². The number of hydrogen-bond acceptors (Lipinski definition) is 5. The van der Waals surface area contributed by atoms with Gasteiger partial charge in [0.05, 0.1) is 20.4 Å². The topological polar surface area (TPSA) is 64.5 Å². The van der Waals surface area contributed by atoms with Crippen molar-refractivity contribution in [2.45, 2.75) is 51.0 Å². The molecule has 0 amide bonds. The molecule has 1 N–H and O–H groups in total. The van der Waals surface area contributed by atoms with Crippen LogP contribution in [0.5, 0.6) is 11.8 Å². The maximum absolute atomic E-state index is 10.9. The van der Waals surface area contributed by atoms with Gasteiger partial charge in [-0.3, -0.25) is 0 Å². The highest BCUT2D eigenvalue weighted by Gasteiger charge is 2.38. The van der Waals surface area contributed by atoms with Gasteiger partial charge < -0.3 is 14.6 Å². The highest BCUT2D eigenvalue weighted by Crippen LogP contribution is 2.42. The van der Waals surface area contributed by atoms with Crippen molar-refractivity contribution in [3.05, 3.63) is 11.9 Å². The van der Waals surface area contributed by atoms with E-state index in [1.165, 1.54) is 26.1 Å². The van der Waals surface area contributed by atoms with Crippen molar-refractivity contribution in [1.82, 2.24) is 9.97 Å². The molecule has 0 atom stereocenters. The zero-order valence-electron chi connectivity index (χ0n) is 12.6. The van der Waals surface area contributed by atoms with E-state index in [4.69, 9.17) is 9.47 Å². The number of aromatic nitrogens is 2. The summed E-state index contributed by atoms with van der Waals surface area (Å²) in [5, 5.41) is 10.9. The molecular formula is C15H24N2O3. The monoisotopic (exact) mass is 280 g/mol. The Hall–Kier alpha value is -1.36. The van der Waals surface area contributed by atoms with Crippen LogP contribution in [0.4, 0.5) is 0 Å². The first-order valence-corrected chi connectivity index (χ1v) is 7.31. The minimum Gasteiger partial charge on any atom is -0.480 e. The van der Waals surface area contributed by atoms with E-state index in [0.29, 0.717) is 17.5 Å². The molecule has 0 bridgehead atoms. The standard InChI is InChI=1S/C15H24N2O3/c1-4-5-11-6-8-15(18,9-7-11)13-14(20-3)17-12(19-2)10-16-13/h10-11,18H,4-9H2,1-3H3. The van der Waals surface area contributed by atoms with Gasteiger partial charge in [-0.15, -0.1) is 0 Å². The molecule has 20 heavy (non-hydrogen) atoms. The van der Waals surface area contributed by atoms with Gasteiger partial charge in [-0.05, 0) is 31.6 Å². The average molecular weight is 280 g/mol. The van der Waals surface area contributed by atoms with Crippen LogP contribution in [0.15, 0.2) is 6.20 Å². The van der Waals surface area contributed by atoms with Crippen LogP contribution in [0, 0.1) is 5.92 Å². The molecule has 1 aromatic rings. The molecule has 0 aliphatic heterocycles. The fraction of sp³-hybridized carbons (Fsp3) is 0.733. The lowest BCUT2D eigenvalue weighted by Gasteiger charge is -2.35. The third kappa shape index (κ3) is 3.03. The Labute approximate surface area is 120 Å². The van der Waals surface area contributed by atoms with Crippen molar-refractivity contribution in [2.75, 3.05) is 14.2 Å². The lowest BCUT2D eigenvalue weighted by atomic mass is 9.75. The molecule has 1 aliphatic rings. The van der Waals surface area contributed by atoms with Crippen molar-refractivity contribution in [3.8, 4) is 11.8 Å². The summed E-state index contributed by atoms with van der Waals surface area (Å²) < 4.78 is 10.3. The summed E-state index contributed by atoms with van der Waals surface area (Å²) >= 11 is 0. The number of rotatable bonds is 5. The molecule has 1 fully saturated rings. The Morgan fingerprint density at radius 3 is 2.55 bits per heavy atom. The first-order chi connectivity index (χ1) is 9.62. The predicted octanol–water partition coefficient (Wildman–Crippen LogP) is 2.67. The molecule has 2 rings (SSSR count). The quantitative estimate of drug-likeness (QED) is 0.898. The van der Waals surface area contributed by atoms with Crippen molar-refractivity contribution in [3.63, 3.8) is 0 Å². The summed E-state index contributed by atoms with van der Waals surface area (Å²) in [5.41, 5.74) is -0.384. The van der Waals surface area contributed by atoms with Crippen molar-refractivity contribution >= 4 is 0 Å². The van der Waals surface area contributed by atoms with E-state index >= 15 is 0 Å². The average Bonchev–Trinajstić information content (AvgIpc) is 2.49. The Balaban J connectivity index is 2.18. The van der Waals surface area contributed by atoms with Crippen LogP contribution in [0.3, 0.4) is 0 Å². The number of hydrogen-bond donors (Lipinski definition) is 1. The molecule has 0 unspecified atom stereocenters. The van der Waals surface area contributed by atoms with Crippen molar-refractivity contribution in [2.24, 2.45) is 5.92 Å². The molecule has 0 aromatic carbocycles. The molecule has 5 heteroatoms. The molecular weight excluding hydrogens is 256 g/mol. The fourth-order valence-corrected chi connectivity index (χ4v) is 3.01. The van der Waals surface area contributed by atoms with Crippen molar-refractivity contribution in [1.29, 1.82) is 0 Å². The van der Waals surface area contributed by atoms with Crippen LogP contribution >= 0.6 is 0 Å². The zero-order chi connectivity index (χ0) is 14.6. The largest absolute Gasteiger partial charge is 0.480 e. The molecule has 0 radical (unpaired) electrons. The molecule has 1 aliphatic carbocycles. The number of ether oxygens (including phenoxy) is 2. The normalized spacial score (nSPS) is 26.3. The lowest BCUT2D eigenvalue weighted by Crippen LogP contribution is -2.33. The van der Waals surface area contributed by atoms with Gasteiger partial charge in [-0.25, -0.2) is 4.98 Å². The second-order valence-electron chi connectivity index (χ2n) is 5.53. The highest BCUT2D eigenvalue weighted by atomic mass is 16.5. The van der Waals surface area contributed by atoms with Gasteiger partial charge in [0.15, 0.2) is 0 Å². The van der Waals surface area contributed by atoms with Crippen LogP contribution in [-0.2, 0) is 5.60 Å². The third-order valence-electron chi connectivity index (χ3n) is 4.19. The van der Waals surface area contributed by atoms with E-state index < -0.39 is 5.60 Å². The second kappa shape index (κ2) is 6.39. The zero-order valence-corrected chi connectivity index (χ0v) is 12.6. The van der Waals surface area contributed by atoms with Gasteiger partial charge in [0.2, 0.25) is 11.8 Å². The summed E-state index contributed by atoms with van der Waals surface area (Å²) in [6, 6.07) is 0. The molecule has 112 valence electrons. The lowest BCUT2D eigenvalue weighted by molar-refractivity contribution is -0.0214. The van der Waals surface area contributed by atoms with Gasteiger partial charge in [0, 0.05) is 0 Å². The summed E-state index contributed by atoms with van der Waals surface area (Å²) in [7, 11) is 3.08. The van der Waals surface area contributed by atoms with Gasteiger partial charge >= 0.3 is 0 Å². The minimum absolute atomic E-state index is 0.362. The summed E-state index contributed by atoms with van der Waals surface area (Å²) in [4.78, 5) is 8.54. The number of aliphatic hydroxyl groups is 1. The van der Waals surface area contributed by atoms with Crippen molar-refractivity contribution < 1.29 is 14.6 Å². The van der Waals surface area contributed by atoms with Crippen LogP contribution in [-0.4, -0.2) is 29.3 Å². The Morgan fingerprint density at radius 1 is 1.30 bits per heavy atom. The van der Waals surface area contributed by atoms with E-state index in [9.17, 15) is 5.11 Å². The Bertz CT molecular complexity index is 443. The third-order valence-corrected chi connectivity index (χ3v) is 4.19. The first-order valence-electron chi connectivity index (χ1n) is 7.31. The van der Waals surface area contributed by atoms with E-state index in [2.05, 4.69) is 16.9 Å². The smallest absolute Gasteiger partial charge is 0.241 e. The van der Waals surface area contributed by atoms with Crippen LogP contribution in [0.1, 0.15) is 51.1 Å². The second-order valence-corrected chi connectivity index (χ2v) is 5.53. The van der Waals surface area contributed by atoms with Crippen LogP contribution < -0.4 is 9.47 Å². The Morgan fingerprint density at radius 2 is 2.00 bits per heavy atom. The van der Waals surface area contributed by atoms with Gasteiger partial charge in [0.25, 0.3) is 0 Å². The number of methoxy groups -OCH3 is 2. The SMILES string of the molecule is CCCC1CCC(O)(c2ncc(OC)nc2OC)CC1. The minimum atomic E-state index is -0.922. The highest BCUT2D eigenvalue weighted by molar-refractivity contribution is 5.28. The summed E-state index contributed by atoms with van der Waals surface area (Å²) in [6.07, 6.45) is 7.47. The summed E-state index contributed by atoms with van der Waals surface area (Å²) in [5.74, 6) is 1.48. The van der Waals surface area contributed by atoms with E-state index in [0.717, 1.165) is 31.6 Å². The fourth-order valence-electron chi connectivity index (χ4n) is 3.01. The molecule has 0 spiro atoms. The molecule has 1 heterocycles. The van der Waals surface area contributed by atoms with Crippen LogP contribution in [0.25, 0.3) is 0 Å². The molecule has 5 nitrogen and oxygen atoms in total.